The first-order valence-corrected chi connectivity index (χ1v) is 10.8. The van der Waals surface area contributed by atoms with Crippen LogP contribution < -0.4 is 9.47 Å². The first-order valence-electron chi connectivity index (χ1n) is 10.3. The number of benzene rings is 2. The quantitative estimate of drug-likeness (QED) is 0.245. The van der Waals surface area contributed by atoms with Crippen LogP contribution in [-0.2, 0) is 20.7 Å². The van der Waals surface area contributed by atoms with Gasteiger partial charge in [-0.2, -0.15) is 0 Å². The first-order chi connectivity index (χ1) is 15.2. The summed E-state index contributed by atoms with van der Waals surface area (Å²) in [5.74, 6) is -0.835. The molecule has 1 aliphatic rings. The van der Waals surface area contributed by atoms with Crippen molar-refractivity contribution in [3.8, 4) is 11.5 Å². The molecule has 1 aliphatic carbocycles. The normalized spacial score (nSPS) is 14.5. The Morgan fingerprint density at radius 2 is 1.48 bits per heavy atom. The van der Waals surface area contributed by atoms with Crippen molar-refractivity contribution in [3.05, 3.63) is 59.7 Å². The Hall–Kier alpha value is -2.72. The molecule has 2 unspecified atom stereocenters. The van der Waals surface area contributed by atoms with E-state index in [9.17, 15) is 9.59 Å². The van der Waals surface area contributed by atoms with Crippen LogP contribution in [0.1, 0.15) is 48.0 Å². The molecule has 0 spiro atoms. The monoisotopic (exact) mass is 445 g/mol. The molecule has 0 saturated heterocycles. The maximum absolute atomic E-state index is 13.6. The number of hydrogen-bond acceptors (Lipinski definition) is 6. The molecule has 0 bridgehead atoms. The molecular formula is C24H30O6P+. The summed E-state index contributed by atoms with van der Waals surface area (Å²) in [6.45, 7) is 0.152. The van der Waals surface area contributed by atoms with E-state index in [-0.39, 0.29) is 18.3 Å². The molecule has 1 fully saturated rings. The van der Waals surface area contributed by atoms with Crippen molar-refractivity contribution >= 4 is 20.9 Å². The van der Waals surface area contributed by atoms with Crippen LogP contribution in [0.15, 0.2) is 48.5 Å². The van der Waals surface area contributed by atoms with Gasteiger partial charge in [0.05, 0.1) is 14.2 Å². The lowest BCUT2D eigenvalue weighted by atomic mass is 9.76. The summed E-state index contributed by atoms with van der Waals surface area (Å²) in [6, 6.07) is 14.7. The van der Waals surface area contributed by atoms with Gasteiger partial charge in [-0.15, -0.1) is 0 Å². The summed E-state index contributed by atoms with van der Waals surface area (Å²) < 4.78 is 24.6. The van der Waals surface area contributed by atoms with Crippen molar-refractivity contribution in [1.29, 1.82) is 0 Å². The number of hydrogen-bond donors (Lipinski definition) is 0. The van der Waals surface area contributed by atoms with Crippen LogP contribution in [0.5, 0.6) is 11.5 Å². The Kier molecular flexibility index (Phi) is 10.2. The van der Waals surface area contributed by atoms with Gasteiger partial charge in [0.15, 0.2) is 5.78 Å². The molecule has 31 heavy (non-hydrogen) atoms. The van der Waals surface area contributed by atoms with Gasteiger partial charge in [0.1, 0.15) is 29.6 Å². The van der Waals surface area contributed by atoms with Crippen molar-refractivity contribution in [2.75, 3.05) is 14.2 Å². The minimum atomic E-state index is -0.857. The standard InChI is InChI=1S/C24H28O5.H2OP/c1-27-19-14-9-15-20(28-2)22(19)23(25)21(18-12-7-4-8-13-18)24(26)29-16-17-10-5-3-6-11-17;1-2/h3,5-6,9-11,14-15,18,21H,4,7-8,12-13,16H2,1-2H3;2H2/q;+1. The van der Waals surface area contributed by atoms with E-state index < -0.39 is 11.9 Å². The number of ether oxygens (including phenoxy) is 3. The van der Waals surface area contributed by atoms with Crippen LogP contribution in [0.3, 0.4) is 0 Å². The van der Waals surface area contributed by atoms with Crippen LogP contribution >= 0.6 is 9.12 Å². The molecule has 2 aromatic carbocycles. The van der Waals surface area contributed by atoms with E-state index in [4.69, 9.17) is 18.8 Å². The fourth-order valence-corrected chi connectivity index (χ4v) is 4.05. The molecule has 2 atom stereocenters. The molecule has 0 heterocycles. The van der Waals surface area contributed by atoms with Crippen molar-refractivity contribution in [2.24, 2.45) is 11.8 Å². The summed E-state index contributed by atoms with van der Waals surface area (Å²) in [5, 5.41) is 0. The average Bonchev–Trinajstić information content (AvgIpc) is 2.84. The summed E-state index contributed by atoms with van der Waals surface area (Å²) in [5.41, 5.74) is 1.20. The Morgan fingerprint density at radius 3 is 2.03 bits per heavy atom. The molecule has 6 nitrogen and oxygen atoms in total. The SMILES string of the molecule is COc1cccc(OC)c1C(=O)C(C(=O)OCc1ccccc1)C1CCCCC1.O=[PH2+]. The van der Waals surface area contributed by atoms with Crippen LogP contribution in [0.25, 0.3) is 0 Å². The Labute approximate surface area is 185 Å². The Morgan fingerprint density at radius 1 is 0.903 bits per heavy atom. The number of Topliss-reactive ketones (excluding diaryl/α,β-unsaturated/α-hetero) is 1. The molecular weight excluding hydrogens is 415 g/mol. The molecule has 166 valence electrons. The Balaban J connectivity index is 0.00000166. The zero-order valence-corrected chi connectivity index (χ0v) is 19.2. The van der Waals surface area contributed by atoms with E-state index in [0.29, 0.717) is 17.1 Å². The number of ketones is 1. The van der Waals surface area contributed by atoms with E-state index in [1.54, 1.807) is 18.2 Å². The lowest BCUT2D eigenvalue weighted by molar-refractivity contribution is -0.150. The fourth-order valence-electron chi connectivity index (χ4n) is 4.05. The zero-order valence-electron chi connectivity index (χ0n) is 18.0. The van der Waals surface area contributed by atoms with Crippen molar-refractivity contribution in [1.82, 2.24) is 0 Å². The van der Waals surface area contributed by atoms with Crippen LogP contribution in [-0.4, -0.2) is 26.0 Å². The number of esters is 1. The molecule has 0 aliphatic heterocycles. The zero-order chi connectivity index (χ0) is 22.6. The third-order valence-electron chi connectivity index (χ3n) is 5.56. The van der Waals surface area contributed by atoms with Gasteiger partial charge < -0.3 is 14.2 Å². The maximum Gasteiger partial charge on any atom is 0.317 e. The number of rotatable bonds is 8. The van der Waals surface area contributed by atoms with Crippen LogP contribution in [0, 0.1) is 11.8 Å². The summed E-state index contributed by atoms with van der Waals surface area (Å²) >= 11 is 0. The number of carbonyl (C=O) groups is 2. The topological polar surface area (TPSA) is 78.9 Å². The predicted octanol–water partition coefficient (Wildman–Crippen LogP) is 5.03. The summed E-state index contributed by atoms with van der Waals surface area (Å²) in [7, 11) is 4.18. The largest absolute Gasteiger partial charge is 0.496 e. The molecule has 7 heteroatoms. The number of carbonyl (C=O) groups excluding carboxylic acids is 2. The van der Waals surface area contributed by atoms with Crippen LogP contribution in [0.4, 0.5) is 0 Å². The van der Waals surface area contributed by atoms with E-state index in [1.165, 1.54) is 23.3 Å². The van der Waals surface area contributed by atoms with E-state index >= 15 is 0 Å². The molecule has 1 saturated carbocycles. The van der Waals surface area contributed by atoms with Gasteiger partial charge >= 0.3 is 15.1 Å². The van der Waals surface area contributed by atoms with Gasteiger partial charge in [-0.1, -0.05) is 60.2 Å². The van der Waals surface area contributed by atoms with E-state index in [2.05, 4.69) is 0 Å². The number of methoxy groups -OCH3 is 2. The first kappa shape index (κ1) is 24.5. The van der Waals surface area contributed by atoms with Gasteiger partial charge in [0.25, 0.3) is 0 Å². The summed E-state index contributed by atoms with van der Waals surface area (Å²) in [6.07, 6.45) is 4.85. The Bertz CT molecular complexity index is 826. The lowest BCUT2D eigenvalue weighted by Gasteiger charge is -2.28. The lowest BCUT2D eigenvalue weighted by Crippen LogP contribution is -2.34. The second-order valence-corrected chi connectivity index (χ2v) is 7.37. The van der Waals surface area contributed by atoms with Crippen molar-refractivity contribution < 1.29 is 28.4 Å². The summed E-state index contributed by atoms with van der Waals surface area (Å²) in [4.78, 5) is 26.7. The highest BCUT2D eigenvalue weighted by atomic mass is 31.0. The molecule has 3 rings (SSSR count). The molecule has 0 amide bonds. The predicted molar refractivity (Wildman–Crippen MR) is 121 cm³/mol. The second-order valence-electron chi connectivity index (χ2n) is 7.37. The molecule has 0 aromatic heterocycles. The highest BCUT2D eigenvalue weighted by Gasteiger charge is 2.39. The minimum absolute atomic E-state index is 0.0332. The highest BCUT2D eigenvalue weighted by molar-refractivity contribution is 7.00. The maximum atomic E-state index is 13.6. The molecule has 2 aromatic rings. The van der Waals surface area contributed by atoms with Crippen molar-refractivity contribution in [2.45, 2.75) is 38.7 Å². The smallest absolute Gasteiger partial charge is 0.317 e. The van der Waals surface area contributed by atoms with Gasteiger partial charge in [-0.05, 0) is 36.5 Å². The third-order valence-corrected chi connectivity index (χ3v) is 5.56. The second kappa shape index (κ2) is 12.9. The van der Waals surface area contributed by atoms with E-state index in [1.807, 2.05) is 30.3 Å². The van der Waals surface area contributed by atoms with Gasteiger partial charge in [0.2, 0.25) is 0 Å². The highest BCUT2D eigenvalue weighted by Crippen LogP contribution is 2.37. The molecule has 0 radical (unpaired) electrons. The fraction of sp³-hybridized carbons (Fsp3) is 0.417. The third kappa shape index (κ3) is 6.38. The van der Waals surface area contributed by atoms with E-state index in [0.717, 1.165) is 37.7 Å². The minimum Gasteiger partial charge on any atom is -0.496 e. The van der Waals surface area contributed by atoms with Gasteiger partial charge in [-0.3, -0.25) is 9.59 Å². The van der Waals surface area contributed by atoms with Gasteiger partial charge in [0, 0.05) is 0 Å². The van der Waals surface area contributed by atoms with Gasteiger partial charge in [-0.25, -0.2) is 0 Å². The average molecular weight is 445 g/mol. The van der Waals surface area contributed by atoms with Crippen LogP contribution in [0.2, 0.25) is 0 Å². The van der Waals surface area contributed by atoms with Crippen molar-refractivity contribution in [3.63, 3.8) is 0 Å². The molecule has 0 N–H and O–H groups in total.